The van der Waals surface area contributed by atoms with Crippen LogP contribution in [0, 0.1) is 6.92 Å². The van der Waals surface area contributed by atoms with E-state index in [1.54, 1.807) is 0 Å². The molecule has 43 valence electrons. The van der Waals surface area contributed by atoms with Gasteiger partial charge in [-0.1, -0.05) is 6.92 Å². The lowest BCUT2D eigenvalue weighted by molar-refractivity contribution is 0.221. The zero-order valence-electron chi connectivity index (χ0n) is 4.23. The van der Waals surface area contributed by atoms with Gasteiger partial charge in [-0.25, -0.2) is 4.39 Å². The number of hydrogen-bond acceptors (Lipinski definition) is 1. The Morgan fingerprint density at radius 3 is 2.43 bits per heavy atom. The van der Waals surface area contributed by atoms with Gasteiger partial charge in [0.15, 0.2) is 0 Å². The van der Waals surface area contributed by atoms with Gasteiger partial charge in [-0.2, -0.15) is 0 Å². The summed E-state index contributed by atoms with van der Waals surface area (Å²) in [5.41, 5.74) is 0. The highest BCUT2D eigenvalue weighted by atomic mass is 19.1. The number of hydrogen-bond donors (Lipinski definition) is 1. The maximum atomic E-state index is 11.9. The van der Waals surface area contributed by atoms with Gasteiger partial charge in [0.25, 0.3) is 0 Å². The Morgan fingerprint density at radius 2 is 2.29 bits per heavy atom. The molecule has 1 atom stereocenters. The highest BCUT2D eigenvalue weighted by molar-refractivity contribution is 4.54. The summed E-state index contributed by atoms with van der Waals surface area (Å²) < 4.78 is 11.9. The van der Waals surface area contributed by atoms with Crippen LogP contribution >= 0.6 is 0 Å². The van der Waals surface area contributed by atoms with Crippen LogP contribution in [0.25, 0.3) is 0 Å². The van der Waals surface area contributed by atoms with Crippen molar-refractivity contribution in [3.05, 3.63) is 6.92 Å². The first-order valence-corrected chi connectivity index (χ1v) is 2.35. The van der Waals surface area contributed by atoms with Crippen LogP contribution in [0.4, 0.5) is 4.39 Å². The van der Waals surface area contributed by atoms with Crippen molar-refractivity contribution in [2.45, 2.75) is 19.0 Å². The molecular weight excluding hydrogens is 95.1 g/mol. The van der Waals surface area contributed by atoms with E-state index >= 15 is 0 Å². The maximum Gasteiger partial charge on any atom is 0.102 e. The predicted octanol–water partition coefficient (Wildman–Crippen LogP) is 0.931. The first kappa shape index (κ1) is 6.89. The standard InChI is InChI=1S/C5H10FO/c1-2-5(6)3-4-7/h5,7H,1-4H2. The smallest absolute Gasteiger partial charge is 0.102 e. The summed E-state index contributed by atoms with van der Waals surface area (Å²) in [4.78, 5) is 0. The van der Waals surface area contributed by atoms with E-state index in [0.717, 1.165) is 0 Å². The van der Waals surface area contributed by atoms with E-state index < -0.39 is 6.17 Å². The average molecular weight is 105 g/mol. The molecule has 0 aliphatic rings. The van der Waals surface area contributed by atoms with Gasteiger partial charge in [-0.15, -0.1) is 0 Å². The van der Waals surface area contributed by atoms with Crippen LogP contribution in [0.1, 0.15) is 12.8 Å². The van der Waals surface area contributed by atoms with Gasteiger partial charge in [0.2, 0.25) is 0 Å². The Balaban J connectivity index is 2.83. The molecule has 0 amide bonds. The molecule has 7 heavy (non-hydrogen) atoms. The van der Waals surface area contributed by atoms with Crippen LogP contribution in [-0.4, -0.2) is 17.9 Å². The summed E-state index contributed by atoms with van der Waals surface area (Å²) in [5, 5.41) is 8.10. The first-order chi connectivity index (χ1) is 3.31. The molecule has 1 unspecified atom stereocenters. The Kier molecular flexibility index (Phi) is 4.00. The molecule has 0 aromatic carbocycles. The predicted molar refractivity (Wildman–Crippen MR) is 26.6 cm³/mol. The van der Waals surface area contributed by atoms with Crippen molar-refractivity contribution in [3.8, 4) is 0 Å². The molecule has 0 aliphatic heterocycles. The van der Waals surface area contributed by atoms with Crippen molar-refractivity contribution >= 4 is 0 Å². The van der Waals surface area contributed by atoms with Crippen LogP contribution in [0.2, 0.25) is 0 Å². The third-order valence-electron chi connectivity index (χ3n) is 0.756. The Bertz CT molecular complexity index is 39.1. The number of halogens is 1. The van der Waals surface area contributed by atoms with Crippen LogP contribution < -0.4 is 0 Å². The number of aliphatic hydroxyl groups is 1. The fraction of sp³-hybridized carbons (Fsp3) is 0.800. The van der Waals surface area contributed by atoms with Crippen molar-refractivity contribution < 1.29 is 9.50 Å². The van der Waals surface area contributed by atoms with E-state index in [-0.39, 0.29) is 19.4 Å². The highest BCUT2D eigenvalue weighted by Gasteiger charge is 1.98. The SMILES string of the molecule is [CH2]CC(F)CCO. The molecule has 0 fully saturated rings. The molecule has 0 rings (SSSR count). The number of rotatable bonds is 3. The molecular formula is C5H10FO. The number of alkyl halides is 1. The van der Waals surface area contributed by atoms with Gasteiger partial charge in [0, 0.05) is 13.0 Å². The fourth-order valence-electron chi connectivity index (χ4n) is 0.284. The monoisotopic (exact) mass is 105 g/mol. The van der Waals surface area contributed by atoms with Crippen LogP contribution in [0.3, 0.4) is 0 Å². The second-order valence-electron chi connectivity index (χ2n) is 1.40. The highest BCUT2D eigenvalue weighted by Crippen LogP contribution is 1.99. The van der Waals surface area contributed by atoms with Crippen LogP contribution in [-0.2, 0) is 0 Å². The molecule has 0 aliphatic carbocycles. The summed E-state index contributed by atoms with van der Waals surface area (Å²) in [6.45, 7) is 3.25. The van der Waals surface area contributed by atoms with E-state index in [1.165, 1.54) is 0 Å². The number of aliphatic hydroxyl groups excluding tert-OH is 1. The van der Waals surface area contributed by atoms with Crippen molar-refractivity contribution in [2.75, 3.05) is 6.61 Å². The largest absolute Gasteiger partial charge is 0.396 e. The molecule has 2 heteroatoms. The van der Waals surface area contributed by atoms with Gasteiger partial charge in [0.05, 0.1) is 0 Å². The van der Waals surface area contributed by atoms with Gasteiger partial charge in [0.1, 0.15) is 6.17 Å². The minimum Gasteiger partial charge on any atom is -0.396 e. The van der Waals surface area contributed by atoms with Crippen molar-refractivity contribution in [1.29, 1.82) is 0 Å². The van der Waals surface area contributed by atoms with Crippen molar-refractivity contribution in [3.63, 3.8) is 0 Å². The first-order valence-electron chi connectivity index (χ1n) is 2.35. The minimum absolute atomic E-state index is 0.0727. The normalized spacial score (nSPS) is 14.1. The van der Waals surface area contributed by atoms with Crippen LogP contribution in [0.15, 0.2) is 0 Å². The third-order valence-corrected chi connectivity index (χ3v) is 0.756. The third kappa shape index (κ3) is 3.73. The summed E-state index contributed by atoms with van der Waals surface area (Å²) in [7, 11) is 0. The summed E-state index contributed by atoms with van der Waals surface area (Å²) in [6, 6.07) is 0. The maximum absolute atomic E-state index is 11.9. The minimum atomic E-state index is -0.912. The molecule has 0 aromatic heterocycles. The van der Waals surface area contributed by atoms with E-state index in [2.05, 4.69) is 6.92 Å². The molecule has 0 saturated heterocycles. The van der Waals surface area contributed by atoms with Crippen LogP contribution in [0.5, 0.6) is 0 Å². The molecule has 0 aromatic rings. The van der Waals surface area contributed by atoms with Crippen molar-refractivity contribution in [1.82, 2.24) is 0 Å². The lowest BCUT2D eigenvalue weighted by atomic mass is 10.2. The lowest BCUT2D eigenvalue weighted by Gasteiger charge is -1.97. The van der Waals surface area contributed by atoms with E-state index in [9.17, 15) is 4.39 Å². The zero-order valence-corrected chi connectivity index (χ0v) is 4.23. The zero-order chi connectivity index (χ0) is 5.70. The van der Waals surface area contributed by atoms with E-state index in [4.69, 9.17) is 5.11 Å². The van der Waals surface area contributed by atoms with Gasteiger partial charge >= 0.3 is 0 Å². The molecule has 0 bridgehead atoms. The van der Waals surface area contributed by atoms with Gasteiger partial charge in [-0.3, -0.25) is 0 Å². The molecule has 0 spiro atoms. The fourth-order valence-corrected chi connectivity index (χ4v) is 0.284. The molecule has 0 heterocycles. The average Bonchev–Trinajstić information content (AvgIpc) is 1.68. The molecule has 1 N–H and O–H groups in total. The topological polar surface area (TPSA) is 20.2 Å². The Morgan fingerprint density at radius 1 is 1.71 bits per heavy atom. The Hall–Kier alpha value is -0.110. The second kappa shape index (κ2) is 4.06. The summed E-state index contributed by atoms with van der Waals surface area (Å²) in [5.74, 6) is 0. The van der Waals surface area contributed by atoms with Crippen molar-refractivity contribution in [2.24, 2.45) is 0 Å². The Labute approximate surface area is 43.2 Å². The molecule has 0 saturated carbocycles. The summed E-state index contributed by atoms with van der Waals surface area (Å²) >= 11 is 0. The second-order valence-corrected chi connectivity index (χ2v) is 1.40. The summed E-state index contributed by atoms with van der Waals surface area (Å²) in [6.07, 6.45) is -0.422. The quantitative estimate of drug-likeness (QED) is 0.566. The van der Waals surface area contributed by atoms with Gasteiger partial charge in [-0.05, 0) is 6.42 Å². The van der Waals surface area contributed by atoms with E-state index in [1.807, 2.05) is 0 Å². The molecule has 1 nitrogen and oxygen atoms in total. The van der Waals surface area contributed by atoms with E-state index in [0.29, 0.717) is 0 Å². The molecule has 1 radical (unpaired) electrons. The van der Waals surface area contributed by atoms with Gasteiger partial charge < -0.3 is 5.11 Å². The lowest BCUT2D eigenvalue weighted by Crippen LogP contribution is -1.99.